The number of benzene rings is 1. The van der Waals surface area contributed by atoms with E-state index in [0.29, 0.717) is 17.1 Å². The van der Waals surface area contributed by atoms with E-state index < -0.39 is 0 Å². The Hall–Kier alpha value is -2.21. The van der Waals surface area contributed by atoms with Gasteiger partial charge in [-0.15, -0.1) is 0 Å². The minimum Gasteiger partial charge on any atom is -0.338 e. The summed E-state index contributed by atoms with van der Waals surface area (Å²) in [5.41, 5.74) is 0.456. The molecule has 1 atom stereocenters. The molecule has 1 amide bonds. The number of carbonyl (C=O) groups excluding carboxylic acids is 1. The standard InChI is InChI=1S/C20H26N4O2/c25-19(13-18-16-8-1-2-9-17(16)20(26)22-21-18)24-12-4-3-7-15(24)14-23-10-5-6-11-23/h1-2,8-9,15H,3-7,10-14H2,(H,22,26). The quantitative estimate of drug-likeness (QED) is 0.911. The lowest BCUT2D eigenvalue weighted by atomic mass is 10.00. The Morgan fingerprint density at radius 1 is 1.08 bits per heavy atom. The molecule has 1 aromatic heterocycles. The molecule has 2 saturated heterocycles. The van der Waals surface area contributed by atoms with E-state index in [0.717, 1.165) is 44.4 Å². The number of piperidine rings is 1. The molecule has 0 saturated carbocycles. The number of hydrogen-bond acceptors (Lipinski definition) is 4. The fourth-order valence-electron chi connectivity index (χ4n) is 4.33. The summed E-state index contributed by atoms with van der Waals surface area (Å²) < 4.78 is 0. The van der Waals surface area contributed by atoms with Gasteiger partial charge in [0.15, 0.2) is 0 Å². The molecule has 2 aromatic rings. The summed E-state index contributed by atoms with van der Waals surface area (Å²) >= 11 is 0. The van der Waals surface area contributed by atoms with Crippen molar-refractivity contribution < 1.29 is 4.79 Å². The highest BCUT2D eigenvalue weighted by molar-refractivity contribution is 5.88. The van der Waals surface area contributed by atoms with Gasteiger partial charge < -0.3 is 9.80 Å². The van der Waals surface area contributed by atoms with Crippen molar-refractivity contribution in [3.8, 4) is 0 Å². The van der Waals surface area contributed by atoms with Crippen LogP contribution >= 0.6 is 0 Å². The Balaban J connectivity index is 1.53. The monoisotopic (exact) mass is 354 g/mol. The van der Waals surface area contributed by atoms with E-state index in [2.05, 4.69) is 20.0 Å². The second kappa shape index (κ2) is 7.58. The second-order valence-corrected chi connectivity index (χ2v) is 7.47. The van der Waals surface area contributed by atoms with E-state index in [9.17, 15) is 9.59 Å². The highest BCUT2D eigenvalue weighted by Crippen LogP contribution is 2.22. The molecule has 138 valence electrons. The SMILES string of the molecule is O=C(Cc1n[nH]c(=O)c2ccccc12)N1CCCCC1CN1CCCC1. The Kier molecular flexibility index (Phi) is 5.02. The van der Waals surface area contributed by atoms with Gasteiger partial charge >= 0.3 is 0 Å². The van der Waals surface area contributed by atoms with Gasteiger partial charge in [0, 0.05) is 24.5 Å². The van der Waals surface area contributed by atoms with Crippen molar-refractivity contribution in [3.63, 3.8) is 0 Å². The van der Waals surface area contributed by atoms with Crippen LogP contribution in [0, 0.1) is 0 Å². The van der Waals surface area contributed by atoms with Crippen molar-refractivity contribution in [1.29, 1.82) is 0 Å². The number of aromatic nitrogens is 2. The average Bonchev–Trinajstić information content (AvgIpc) is 3.18. The number of hydrogen-bond donors (Lipinski definition) is 1. The number of nitrogens with one attached hydrogen (secondary N) is 1. The summed E-state index contributed by atoms with van der Waals surface area (Å²) in [5, 5.41) is 8.08. The van der Waals surface area contributed by atoms with E-state index >= 15 is 0 Å². The second-order valence-electron chi connectivity index (χ2n) is 7.47. The third-order valence-corrected chi connectivity index (χ3v) is 5.71. The first-order valence-corrected chi connectivity index (χ1v) is 9.70. The first-order chi connectivity index (χ1) is 12.7. The van der Waals surface area contributed by atoms with Gasteiger partial charge in [-0.1, -0.05) is 18.2 Å². The van der Waals surface area contributed by atoms with Crippen LogP contribution in [0.1, 0.15) is 37.8 Å². The zero-order chi connectivity index (χ0) is 17.9. The molecule has 3 heterocycles. The minimum atomic E-state index is -0.207. The van der Waals surface area contributed by atoms with Crippen LogP contribution in [0.3, 0.4) is 0 Å². The van der Waals surface area contributed by atoms with E-state index in [1.807, 2.05) is 18.2 Å². The van der Waals surface area contributed by atoms with Crippen molar-refractivity contribution in [3.05, 3.63) is 40.3 Å². The highest BCUT2D eigenvalue weighted by Gasteiger charge is 2.29. The molecule has 1 aromatic carbocycles. The van der Waals surface area contributed by atoms with Gasteiger partial charge in [-0.2, -0.15) is 5.10 Å². The van der Waals surface area contributed by atoms with Crippen LogP contribution in [0.2, 0.25) is 0 Å². The lowest BCUT2D eigenvalue weighted by Gasteiger charge is -2.38. The van der Waals surface area contributed by atoms with E-state index in [1.54, 1.807) is 6.07 Å². The molecule has 2 aliphatic rings. The molecular formula is C20H26N4O2. The van der Waals surface area contributed by atoms with Gasteiger partial charge in [-0.05, 0) is 51.3 Å². The van der Waals surface area contributed by atoms with Crippen molar-refractivity contribution in [1.82, 2.24) is 20.0 Å². The van der Waals surface area contributed by atoms with E-state index in [1.165, 1.54) is 19.3 Å². The molecule has 4 rings (SSSR count). The van der Waals surface area contributed by atoms with E-state index in [-0.39, 0.29) is 17.9 Å². The molecule has 2 aliphatic heterocycles. The maximum atomic E-state index is 13.1. The maximum Gasteiger partial charge on any atom is 0.272 e. The molecule has 2 fully saturated rings. The molecule has 0 radical (unpaired) electrons. The van der Waals surface area contributed by atoms with Crippen LogP contribution in [0.5, 0.6) is 0 Å². The summed E-state index contributed by atoms with van der Waals surface area (Å²) in [7, 11) is 0. The number of aromatic amines is 1. The Morgan fingerprint density at radius 3 is 2.62 bits per heavy atom. The van der Waals surface area contributed by atoms with Gasteiger partial charge in [-0.25, -0.2) is 5.10 Å². The number of carbonyl (C=O) groups is 1. The van der Waals surface area contributed by atoms with Crippen LogP contribution in [0.4, 0.5) is 0 Å². The summed E-state index contributed by atoms with van der Waals surface area (Å²) in [6, 6.07) is 7.68. The average molecular weight is 354 g/mol. The molecule has 0 aliphatic carbocycles. The Bertz CT molecular complexity index is 841. The molecule has 0 bridgehead atoms. The number of rotatable bonds is 4. The third kappa shape index (κ3) is 3.51. The minimum absolute atomic E-state index is 0.124. The van der Waals surface area contributed by atoms with Gasteiger partial charge in [0.1, 0.15) is 0 Å². The number of fused-ring (bicyclic) bond motifs is 1. The van der Waals surface area contributed by atoms with Crippen LogP contribution in [0.15, 0.2) is 29.1 Å². The largest absolute Gasteiger partial charge is 0.338 e. The van der Waals surface area contributed by atoms with Gasteiger partial charge in [-0.3, -0.25) is 9.59 Å². The van der Waals surface area contributed by atoms with Crippen molar-refractivity contribution in [2.45, 2.75) is 44.6 Å². The van der Waals surface area contributed by atoms with Crippen molar-refractivity contribution >= 4 is 16.7 Å². The third-order valence-electron chi connectivity index (χ3n) is 5.71. The zero-order valence-electron chi connectivity index (χ0n) is 15.1. The van der Waals surface area contributed by atoms with Crippen molar-refractivity contribution in [2.75, 3.05) is 26.2 Å². The molecule has 0 spiro atoms. The molecule has 6 nitrogen and oxygen atoms in total. The lowest BCUT2D eigenvalue weighted by Crippen LogP contribution is -2.49. The topological polar surface area (TPSA) is 69.3 Å². The van der Waals surface area contributed by atoms with E-state index in [4.69, 9.17) is 0 Å². The predicted octanol–water partition coefficient (Wildman–Crippen LogP) is 1.94. The Labute approximate surface area is 153 Å². The normalized spacial score (nSPS) is 21.4. The van der Waals surface area contributed by atoms with Crippen molar-refractivity contribution in [2.24, 2.45) is 0 Å². The fourth-order valence-corrected chi connectivity index (χ4v) is 4.33. The van der Waals surface area contributed by atoms with Gasteiger partial charge in [0.2, 0.25) is 5.91 Å². The summed E-state index contributed by atoms with van der Waals surface area (Å²) in [6.07, 6.45) is 6.14. The number of likely N-dealkylation sites (tertiary alicyclic amines) is 2. The molecule has 1 unspecified atom stereocenters. The van der Waals surface area contributed by atoms with Gasteiger partial charge in [0.25, 0.3) is 5.56 Å². The summed E-state index contributed by atoms with van der Waals surface area (Å²) in [6.45, 7) is 4.14. The van der Waals surface area contributed by atoms with Crippen LogP contribution in [0.25, 0.3) is 10.8 Å². The number of amides is 1. The smallest absolute Gasteiger partial charge is 0.272 e. The predicted molar refractivity (Wildman–Crippen MR) is 101 cm³/mol. The molecule has 1 N–H and O–H groups in total. The molecule has 6 heteroatoms. The van der Waals surface area contributed by atoms with Crippen LogP contribution in [-0.2, 0) is 11.2 Å². The Morgan fingerprint density at radius 2 is 1.81 bits per heavy atom. The molecular weight excluding hydrogens is 328 g/mol. The van der Waals surface area contributed by atoms with Crippen LogP contribution < -0.4 is 5.56 Å². The first-order valence-electron chi connectivity index (χ1n) is 9.70. The summed E-state index contributed by atoms with van der Waals surface area (Å²) in [4.78, 5) is 29.5. The summed E-state index contributed by atoms with van der Waals surface area (Å²) in [5.74, 6) is 0.124. The highest BCUT2D eigenvalue weighted by atomic mass is 16.2. The van der Waals surface area contributed by atoms with Gasteiger partial charge in [0.05, 0.1) is 17.5 Å². The zero-order valence-corrected chi connectivity index (χ0v) is 15.1. The molecule has 26 heavy (non-hydrogen) atoms. The number of nitrogens with zero attached hydrogens (tertiary/aromatic N) is 3. The first kappa shape index (κ1) is 17.2. The fraction of sp³-hybridized carbons (Fsp3) is 0.550. The lowest BCUT2D eigenvalue weighted by molar-refractivity contribution is -0.134. The number of H-pyrrole nitrogens is 1. The van der Waals surface area contributed by atoms with Crippen LogP contribution in [-0.4, -0.2) is 58.1 Å². The maximum absolute atomic E-state index is 13.1.